The molecule has 1 spiro atoms. The fraction of sp³-hybridized carbons (Fsp3) is 0.263. The van der Waals surface area contributed by atoms with Crippen molar-refractivity contribution in [3.8, 4) is 5.69 Å². The lowest BCUT2D eigenvalue weighted by Gasteiger charge is -2.39. The van der Waals surface area contributed by atoms with E-state index in [0.29, 0.717) is 12.5 Å². The quantitative estimate of drug-likeness (QED) is 0.769. The van der Waals surface area contributed by atoms with E-state index in [1.54, 1.807) is 4.68 Å². The number of para-hydroxylation sites is 2. The zero-order valence-electron chi connectivity index (χ0n) is 14.2. The highest BCUT2D eigenvalue weighted by Crippen LogP contribution is 2.44. The molecule has 1 atom stereocenters. The molecule has 0 bridgehead atoms. The Labute approximate surface area is 150 Å². The molecule has 5 rings (SSSR count). The highest BCUT2D eigenvalue weighted by molar-refractivity contribution is 6.06. The number of hydrogen-bond donors (Lipinski definition) is 1. The monoisotopic (exact) mass is 346 g/mol. The minimum Gasteiger partial charge on any atom is -0.338 e. The maximum atomic E-state index is 12.9. The molecule has 7 nitrogen and oxygen atoms in total. The lowest BCUT2D eigenvalue weighted by Crippen LogP contribution is -2.50. The molecule has 0 radical (unpaired) electrons. The van der Waals surface area contributed by atoms with Crippen molar-refractivity contribution in [3.05, 3.63) is 60.2 Å². The molecule has 0 saturated carbocycles. The molecule has 0 unspecified atom stereocenters. The van der Waals surface area contributed by atoms with Gasteiger partial charge in [-0.15, -0.1) is 0 Å². The number of amides is 1. The van der Waals surface area contributed by atoms with Crippen molar-refractivity contribution in [3.63, 3.8) is 0 Å². The van der Waals surface area contributed by atoms with Gasteiger partial charge in [0.05, 0.1) is 11.1 Å². The van der Waals surface area contributed by atoms with Crippen LogP contribution in [0.4, 0.5) is 11.6 Å². The SMILES string of the molecule is O=C1Nc2ccccc2[C@@]12CCCN(c1nnnn1-c1ccccc1)C2. The third kappa shape index (κ3) is 2.13. The van der Waals surface area contributed by atoms with Crippen LogP contribution in [-0.4, -0.2) is 39.2 Å². The van der Waals surface area contributed by atoms with Gasteiger partial charge in [-0.05, 0) is 47.0 Å². The van der Waals surface area contributed by atoms with Crippen LogP contribution in [0.25, 0.3) is 5.69 Å². The van der Waals surface area contributed by atoms with Crippen LogP contribution in [0.15, 0.2) is 54.6 Å². The third-order valence-electron chi connectivity index (χ3n) is 5.35. The Hall–Kier alpha value is -3.22. The molecule has 1 saturated heterocycles. The molecule has 2 aromatic carbocycles. The molecule has 2 aliphatic heterocycles. The predicted molar refractivity (Wildman–Crippen MR) is 97.4 cm³/mol. The first-order chi connectivity index (χ1) is 12.8. The third-order valence-corrected chi connectivity index (χ3v) is 5.35. The number of carbonyl (C=O) groups excluding carboxylic acids is 1. The van der Waals surface area contributed by atoms with Crippen LogP contribution in [0.2, 0.25) is 0 Å². The lowest BCUT2D eigenvalue weighted by atomic mass is 9.75. The van der Waals surface area contributed by atoms with Gasteiger partial charge in [-0.1, -0.05) is 41.5 Å². The number of hydrogen-bond acceptors (Lipinski definition) is 5. The predicted octanol–water partition coefficient (Wildman–Crippen LogP) is 2.15. The topological polar surface area (TPSA) is 75.9 Å². The molecule has 1 aromatic heterocycles. The van der Waals surface area contributed by atoms with Crippen molar-refractivity contribution in [2.24, 2.45) is 0 Å². The fourth-order valence-electron chi connectivity index (χ4n) is 4.12. The molecule has 3 heterocycles. The number of nitrogens with one attached hydrogen (secondary N) is 1. The summed E-state index contributed by atoms with van der Waals surface area (Å²) >= 11 is 0. The van der Waals surface area contributed by atoms with Crippen LogP contribution in [-0.2, 0) is 10.2 Å². The molecule has 1 N–H and O–H groups in total. The van der Waals surface area contributed by atoms with Crippen LogP contribution in [0.5, 0.6) is 0 Å². The maximum absolute atomic E-state index is 12.9. The van der Waals surface area contributed by atoms with Gasteiger partial charge in [-0.3, -0.25) is 4.79 Å². The lowest BCUT2D eigenvalue weighted by molar-refractivity contribution is -0.121. The molecule has 3 aromatic rings. The summed E-state index contributed by atoms with van der Waals surface area (Å²) in [6.07, 6.45) is 1.74. The first kappa shape index (κ1) is 15.1. The minimum atomic E-state index is -0.539. The van der Waals surface area contributed by atoms with E-state index in [-0.39, 0.29) is 5.91 Å². The number of carbonyl (C=O) groups is 1. The van der Waals surface area contributed by atoms with E-state index in [2.05, 4.69) is 31.8 Å². The van der Waals surface area contributed by atoms with Gasteiger partial charge in [0.1, 0.15) is 0 Å². The van der Waals surface area contributed by atoms with Gasteiger partial charge in [0.2, 0.25) is 11.9 Å². The Balaban J connectivity index is 1.54. The standard InChI is InChI=1S/C19H18N6O/c26-17-19(15-9-4-5-10-16(15)20-17)11-6-12-24(13-19)18-21-22-23-25(18)14-7-2-1-3-8-14/h1-5,7-10H,6,11-13H2,(H,20,26)/t19-/m0/s1. The first-order valence-electron chi connectivity index (χ1n) is 8.78. The largest absolute Gasteiger partial charge is 0.338 e. The van der Waals surface area contributed by atoms with Crippen LogP contribution in [0.3, 0.4) is 0 Å². The Morgan fingerprint density at radius 2 is 1.85 bits per heavy atom. The van der Waals surface area contributed by atoms with Crippen LogP contribution in [0.1, 0.15) is 18.4 Å². The van der Waals surface area contributed by atoms with Crippen molar-refractivity contribution in [2.45, 2.75) is 18.3 Å². The van der Waals surface area contributed by atoms with E-state index in [0.717, 1.165) is 36.3 Å². The summed E-state index contributed by atoms with van der Waals surface area (Å²) in [6, 6.07) is 17.8. The second-order valence-corrected chi connectivity index (χ2v) is 6.83. The van der Waals surface area contributed by atoms with Crippen molar-refractivity contribution in [2.75, 3.05) is 23.3 Å². The van der Waals surface area contributed by atoms with Gasteiger partial charge in [0.15, 0.2) is 0 Å². The summed E-state index contributed by atoms with van der Waals surface area (Å²) < 4.78 is 1.73. The average molecular weight is 346 g/mol. The van der Waals surface area contributed by atoms with Crippen LogP contribution >= 0.6 is 0 Å². The summed E-state index contributed by atoms with van der Waals surface area (Å²) in [7, 11) is 0. The molecular weight excluding hydrogens is 328 g/mol. The van der Waals surface area contributed by atoms with E-state index in [1.807, 2.05) is 48.5 Å². The van der Waals surface area contributed by atoms with Crippen LogP contribution in [0, 0.1) is 0 Å². The average Bonchev–Trinajstić information content (AvgIpc) is 3.27. The summed E-state index contributed by atoms with van der Waals surface area (Å²) in [5, 5.41) is 15.3. The van der Waals surface area contributed by atoms with Crippen molar-refractivity contribution in [1.29, 1.82) is 0 Å². The number of benzene rings is 2. The van der Waals surface area contributed by atoms with Crippen molar-refractivity contribution < 1.29 is 4.79 Å². The normalized spacial score (nSPS) is 21.7. The Kier molecular flexibility index (Phi) is 3.28. The summed E-state index contributed by atoms with van der Waals surface area (Å²) in [4.78, 5) is 15.0. The van der Waals surface area contributed by atoms with Gasteiger partial charge in [0.25, 0.3) is 0 Å². The summed E-state index contributed by atoms with van der Waals surface area (Å²) in [5.41, 5.74) is 2.36. The van der Waals surface area contributed by atoms with Crippen LogP contribution < -0.4 is 10.2 Å². The summed E-state index contributed by atoms with van der Waals surface area (Å²) in [6.45, 7) is 1.40. The first-order valence-corrected chi connectivity index (χ1v) is 8.78. The fourth-order valence-corrected chi connectivity index (χ4v) is 4.12. The zero-order chi connectivity index (χ0) is 17.6. The van der Waals surface area contributed by atoms with Gasteiger partial charge in [-0.2, -0.15) is 4.68 Å². The van der Waals surface area contributed by atoms with Gasteiger partial charge >= 0.3 is 0 Å². The number of aromatic nitrogens is 4. The molecule has 7 heteroatoms. The molecule has 2 aliphatic rings. The number of piperidine rings is 1. The maximum Gasteiger partial charge on any atom is 0.250 e. The number of nitrogens with zero attached hydrogens (tertiary/aromatic N) is 5. The van der Waals surface area contributed by atoms with E-state index in [1.165, 1.54) is 0 Å². The number of tetrazole rings is 1. The van der Waals surface area contributed by atoms with E-state index in [4.69, 9.17) is 0 Å². The molecule has 0 aliphatic carbocycles. The minimum absolute atomic E-state index is 0.0714. The van der Waals surface area contributed by atoms with Gasteiger partial charge in [0, 0.05) is 18.8 Å². The summed E-state index contributed by atoms with van der Waals surface area (Å²) in [5.74, 6) is 0.745. The van der Waals surface area contributed by atoms with Crippen molar-refractivity contribution >= 4 is 17.5 Å². The Morgan fingerprint density at radius 3 is 2.73 bits per heavy atom. The van der Waals surface area contributed by atoms with E-state index >= 15 is 0 Å². The molecule has 130 valence electrons. The second-order valence-electron chi connectivity index (χ2n) is 6.83. The van der Waals surface area contributed by atoms with Gasteiger partial charge in [-0.25, -0.2) is 0 Å². The molecule has 26 heavy (non-hydrogen) atoms. The molecular formula is C19H18N6O. The number of rotatable bonds is 2. The smallest absolute Gasteiger partial charge is 0.250 e. The Morgan fingerprint density at radius 1 is 1.04 bits per heavy atom. The molecule has 1 amide bonds. The Bertz CT molecular complexity index is 969. The number of fused-ring (bicyclic) bond motifs is 2. The highest BCUT2D eigenvalue weighted by atomic mass is 16.2. The highest BCUT2D eigenvalue weighted by Gasteiger charge is 2.49. The van der Waals surface area contributed by atoms with Gasteiger partial charge < -0.3 is 10.2 Å². The second kappa shape index (κ2) is 5.66. The number of anilines is 2. The van der Waals surface area contributed by atoms with Crippen molar-refractivity contribution in [1.82, 2.24) is 20.2 Å². The van der Waals surface area contributed by atoms with E-state index < -0.39 is 5.41 Å². The zero-order valence-corrected chi connectivity index (χ0v) is 14.2. The van der Waals surface area contributed by atoms with E-state index in [9.17, 15) is 4.79 Å². The molecule has 1 fully saturated rings.